The molecule has 1 aromatic rings. The Balaban J connectivity index is 2.21. The maximum absolute atomic E-state index is 5.94. The van der Waals surface area contributed by atoms with Crippen molar-refractivity contribution in [3.05, 3.63) is 65.5 Å². The number of allylic oxidation sites excluding steroid dienone is 5. The molecule has 1 aliphatic carbocycles. The Morgan fingerprint density at radius 2 is 2.00 bits per heavy atom. The van der Waals surface area contributed by atoms with Crippen LogP contribution in [-0.4, -0.2) is 0 Å². The van der Waals surface area contributed by atoms with Crippen molar-refractivity contribution in [1.29, 1.82) is 0 Å². The highest BCUT2D eigenvalue weighted by Crippen LogP contribution is 2.22. The smallest absolute Gasteiger partial charge is 0.130 e. The maximum Gasteiger partial charge on any atom is 0.130 e. The molecule has 88 valence electrons. The Hall–Kier alpha value is -1.76. The summed E-state index contributed by atoms with van der Waals surface area (Å²) in [6, 6.07) is 8.19. The van der Waals surface area contributed by atoms with E-state index in [1.165, 1.54) is 11.1 Å². The third kappa shape index (κ3) is 3.10. The molecule has 0 spiro atoms. The normalized spacial score (nSPS) is 14.9. The fourth-order valence-corrected chi connectivity index (χ4v) is 1.80. The summed E-state index contributed by atoms with van der Waals surface area (Å²) in [6.45, 7) is 4.27. The second-order valence-corrected chi connectivity index (χ2v) is 4.25. The van der Waals surface area contributed by atoms with Crippen LogP contribution in [-0.2, 0) is 6.42 Å². The fourth-order valence-electron chi connectivity index (χ4n) is 1.80. The summed E-state index contributed by atoms with van der Waals surface area (Å²) in [5, 5.41) is 0. The summed E-state index contributed by atoms with van der Waals surface area (Å²) in [5.74, 6) is 1.86. The Morgan fingerprint density at radius 3 is 2.82 bits per heavy atom. The molecule has 0 N–H and O–H groups in total. The molecular weight excluding hydrogens is 208 g/mol. The van der Waals surface area contributed by atoms with E-state index in [9.17, 15) is 0 Å². The van der Waals surface area contributed by atoms with Crippen molar-refractivity contribution in [2.24, 2.45) is 0 Å². The number of hydrogen-bond donors (Lipinski definition) is 0. The largest absolute Gasteiger partial charge is 0.457 e. The van der Waals surface area contributed by atoms with Gasteiger partial charge in [-0.05, 0) is 43.5 Å². The summed E-state index contributed by atoms with van der Waals surface area (Å²) in [6.07, 6.45) is 10.3. The molecule has 0 radical (unpaired) electrons. The van der Waals surface area contributed by atoms with Crippen LogP contribution in [0.2, 0.25) is 0 Å². The molecule has 0 atom stereocenters. The highest BCUT2D eigenvalue weighted by atomic mass is 16.5. The third-order valence-corrected chi connectivity index (χ3v) is 2.84. The average Bonchev–Trinajstić information content (AvgIpc) is 2.55. The molecule has 17 heavy (non-hydrogen) atoms. The van der Waals surface area contributed by atoms with Gasteiger partial charge in [0, 0.05) is 0 Å². The minimum absolute atomic E-state index is 0.905. The maximum atomic E-state index is 5.94. The van der Waals surface area contributed by atoms with Gasteiger partial charge in [0.1, 0.15) is 11.5 Å². The molecule has 1 aliphatic rings. The van der Waals surface area contributed by atoms with Crippen molar-refractivity contribution in [3.8, 4) is 5.75 Å². The lowest BCUT2D eigenvalue weighted by atomic mass is 10.1. The third-order valence-electron chi connectivity index (χ3n) is 2.84. The molecule has 0 amide bonds. The Kier molecular flexibility index (Phi) is 3.81. The molecule has 1 heteroatoms. The first-order chi connectivity index (χ1) is 8.29. The minimum atomic E-state index is 0.905. The van der Waals surface area contributed by atoms with Gasteiger partial charge in [-0.3, -0.25) is 0 Å². The van der Waals surface area contributed by atoms with Gasteiger partial charge in [0.15, 0.2) is 0 Å². The van der Waals surface area contributed by atoms with Gasteiger partial charge < -0.3 is 4.74 Å². The minimum Gasteiger partial charge on any atom is -0.457 e. The van der Waals surface area contributed by atoms with E-state index in [1.807, 2.05) is 30.4 Å². The van der Waals surface area contributed by atoms with Gasteiger partial charge in [-0.25, -0.2) is 0 Å². The van der Waals surface area contributed by atoms with Gasteiger partial charge in [0.2, 0.25) is 0 Å². The SMILES string of the molecule is CCc1ccccc1OC1=CC=C(C)CC=C1. The van der Waals surface area contributed by atoms with Crippen LogP contribution < -0.4 is 4.74 Å². The molecule has 0 aliphatic heterocycles. The Bertz CT molecular complexity index is 478. The lowest BCUT2D eigenvalue weighted by Gasteiger charge is -2.09. The summed E-state index contributed by atoms with van der Waals surface area (Å²) in [5.41, 5.74) is 2.59. The van der Waals surface area contributed by atoms with Crippen molar-refractivity contribution in [3.63, 3.8) is 0 Å². The fraction of sp³-hybridized carbons (Fsp3) is 0.250. The summed E-state index contributed by atoms with van der Waals surface area (Å²) >= 11 is 0. The van der Waals surface area contributed by atoms with Gasteiger partial charge >= 0.3 is 0 Å². The number of aryl methyl sites for hydroxylation is 1. The predicted molar refractivity (Wildman–Crippen MR) is 72.0 cm³/mol. The Labute approximate surface area is 103 Å². The van der Waals surface area contributed by atoms with E-state index in [4.69, 9.17) is 4.74 Å². The molecular formula is C16H18O. The first-order valence-corrected chi connectivity index (χ1v) is 6.09. The molecule has 0 heterocycles. The van der Waals surface area contributed by atoms with Crippen LogP contribution in [0.3, 0.4) is 0 Å². The average molecular weight is 226 g/mol. The molecule has 1 aromatic carbocycles. The van der Waals surface area contributed by atoms with E-state index in [0.717, 1.165) is 24.4 Å². The van der Waals surface area contributed by atoms with E-state index < -0.39 is 0 Å². The van der Waals surface area contributed by atoms with Crippen molar-refractivity contribution in [1.82, 2.24) is 0 Å². The second kappa shape index (κ2) is 5.53. The van der Waals surface area contributed by atoms with Crippen LogP contribution in [0.15, 0.2) is 59.9 Å². The van der Waals surface area contributed by atoms with E-state index >= 15 is 0 Å². The van der Waals surface area contributed by atoms with Crippen molar-refractivity contribution in [2.45, 2.75) is 26.7 Å². The van der Waals surface area contributed by atoms with E-state index in [1.54, 1.807) is 0 Å². The van der Waals surface area contributed by atoms with Crippen molar-refractivity contribution >= 4 is 0 Å². The molecule has 1 nitrogen and oxygen atoms in total. The number of ether oxygens (including phenoxy) is 1. The van der Waals surface area contributed by atoms with Gasteiger partial charge in [0.25, 0.3) is 0 Å². The molecule has 0 saturated heterocycles. The van der Waals surface area contributed by atoms with Gasteiger partial charge in [-0.1, -0.05) is 42.8 Å². The summed E-state index contributed by atoms with van der Waals surface area (Å²) < 4.78 is 5.94. The van der Waals surface area contributed by atoms with Crippen LogP contribution in [0, 0.1) is 0 Å². The highest BCUT2D eigenvalue weighted by molar-refractivity contribution is 5.37. The summed E-state index contributed by atoms with van der Waals surface area (Å²) in [7, 11) is 0. The van der Waals surface area contributed by atoms with Crippen LogP contribution in [0.5, 0.6) is 5.75 Å². The van der Waals surface area contributed by atoms with Crippen LogP contribution in [0.4, 0.5) is 0 Å². The van der Waals surface area contributed by atoms with Crippen molar-refractivity contribution in [2.75, 3.05) is 0 Å². The van der Waals surface area contributed by atoms with Crippen LogP contribution in [0.25, 0.3) is 0 Å². The molecule has 0 saturated carbocycles. The lowest BCUT2D eigenvalue weighted by molar-refractivity contribution is 0.439. The Morgan fingerprint density at radius 1 is 1.18 bits per heavy atom. The molecule has 0 fully saturated rings. The second-order valence-electron chi connectivity index (χ2n) is 4.25. The van der Waals surface area contributed by atoms with E-state index in [-0.39, 0.29) is 0 Å². The number of hydrogen-bond acceptors (Lipinski definition) is 1. The zero-order chi connectivity index (χ0) is 12.1. The molecule has 2 rings (SSSR count). The standard InChI is InChI=1S/C16H18O/c1-3-14-8-4-5-10-16(14)17-15-9-6-7-13(2)11-12-15/h4-6,8-12H,3,7H2,1-2H3. The number of para-hydroxylation sites is 1. The van der Waals surface area contributed by atoms with Crippen LogP contribution >= 0.6 is 0 Å². The summed E-state index contributed by atoms with van der Waals surface area (Å²) in [4.78, 5) is 0. The number of benzene rings is 1. The topological polar surface area (TPSA) is 9.23 Å². The van der Waals surface area contributed by atoms with Gasteiger partial charge in [0.05, 0.1) is 0 Å². The van der Waals surface area contributed by atoms with E-state index in [0.29, 0.717) is 0 Å². The lowest BCUT2D eigenvalue weighted by Crippen LogP contribution is -1.95. The van der Waals surface area contributed by atoms with Gasteiger partial charge in [-0.15, -0.1) is 0 Å². The monoisotopic (exact) mass is 226 g/mol. The first kappa shape index (κ1) is 11.7. The molecule has 0 aromatic heterocycles. The number of rotatable bonds is 3. The molecule has 0 bridgehead atoms. The highest BCUT2D eigenvalue weighted by Gasteiger charge is 2.03. The van der Waals surface area contributed by atoms with Crippen molar-refractivity contribution < 1.29 is 4.74 Å². The molecule has 0 unspecified atom stereocenters. The zero-order valence-electron chi connectivity index (χ0n) is 10.4. The predicted octanol–water partition coefficient (Wildman–Crippen LogP) is 4.42. The quantitative estimate of drug-likeness (QED) is 0.741. The first-order valence-electron chi connectivity index (χ1n) is 6.09. The van der Waals surface area contributed by atoms with Crippen LogP contribution in [0.1, 0.15) is 25.8 Å². The van der Waals surface area contributed by atoms with E-state index in [2.05, 4.69) is 32.1 Å². The van der Waals surface area contributed by atoms with Gasteiger partial charge in [-0.2, -0.15) is 0 Å². The zero-order valence-corrected chi connectivity index (χ0v) is 10.4.